The van der Waals surface area contributed by atoms with Gasteiger partial charge in [-0.05, 0) is 13.3 Å². The molecular formula is C17H27N7O. The first-order valence-corrected chi connectivity index (χ1v) is 8.85. The Morgan fingerprint density at radius 2 is 2.40 bits per heavy atom. The largest absolute Gasteiger partial charge is 0.370 e. The first-order valence-electron chi connectivity index (χ1n) is 8.85. The molecule has 0 aromatic carbocycles. The topological polar surface area (TPSA) is 72.5 Å². The maximum Gasteiger partial charge on any atom is 0.194 e. The number of aromatic nitrogens is 4. The molecule has 1 unspecified atom stereocenters. The van der Waals surface area contributed by atoms with Crippen LogP contribution >= 0.6 is 0 Å². The van der Waals surface area contributed by atoms with Crippen molar-refractivity contribution in [3.8, 4) is 0 Å². The van der Waals surface area contributed by atoms with Crippen molar-refractivity contribution in [3.63, 3.8) is 0 Å². The third kappa shape index (κ3) is 4.82. The van der Waals surface area contributed by atoms with Crippen molar-refractivity contribution in [2.24, 2.45) is 12.0 Å². The van der Waals surface area contributed by atoms with E-state index in [9.17, 15) is 0 Å². The summed E-state index contributed by atoms with van der Waals surface area (Å²) in [5.74, 6) is 0.963. The lowest BCUT2D eigenvalue weighted by Gasteiger charge is -2.34. The van der Waals surface area contributed by atoms with Gasteiger partial charge in [-0.1, -0.05) is 0 Å². The van der Waals surface area contributed by atoms with Gasteiger partial charge in [0.05, 0.1) is 25.7 Å². The predicted molar refractivity (Wildman–Crippen MR) is 96.3 cm³/mol. The van der Waals surface area contributed by atoms with E-state index in [1.165, 1.54) is 0 Å². The average Bonchev–Trinajstić information content (AvgIpc) is 3.29. The van der Waals surface area contributed by atoms with E-state index in [2.05, 4.69) is 31.8 Å². The highest BCUT2D eigenvalue weighted by atomic mass is 16.5. The fourth-order valence-electron chi connectivity index (χ4n) is 2.93. The van der Waals surface area contributed by atoms with Crippen LogP contribution in [0.25, 0.3) is 0 Å². The summed E-state index contributed by atoms with van der Waals surface area (Å²) in [6, 6.07) is 0. The molecule has 1 N–H and O–H groups in total. The van der Waals surface area contributed by atoms with Gasteiger partial charge in [0.1, 0.15) is 6.10 Å². The van der Waals surface area contributed by atoms with Gasteiger partial charge in [-0.15, -0.1) is 0 Å². The third-order valence-electron chi connectivity index (χ3n) is 4.19. The van der Waals surface area contributed by atoms with Crippen LogP contribution in [0.15, 0.2) is 36.1 Å². The average molecular weight is 345 g/mol. The number of imidazole rings is 1. The normalized spacial score (nSPS) is 18.6. The van der Waals surface area contributed by atoms with E-state index in [4.69, 9.17) is 9.73 Å². The van der Waals surface area contributed by atoms with E-state index >= 15 is 0 Å². The van der Waals surface area contributed by atoms with Crippen molar-refractivity contribution >= 4 is 5.96 Å². The molecule has 25 heavy (non-hydrogen) atoms. The fraction of sp³-hybridized carbons (Fsp3) is 0.588. The molecular weight excluding hydrogens is 318 g/mol. The number of aryl methyl sites for hydroxylation is 2. The van der Waals surface area contributed by atoms with Crippen LogP contribution in [0.2, 0.25) is 0 Å². The fourth-order valence-corrected chi connectivity index (χ4v) is 2.93. The Morgan fingerprint density at radius 1 is 1.48 bits per heavy atom. The Kier molecular flexibility index (Phi) is 6.05. The summed E-state index contributed by atoms with van der Waals surface area (Å²) in [6.45, 7) is 7.01. The van der Waals surface area contributed by atoms with Crippen molar-refractivity contribution in [2.75, 3.05) is 32.8 Å². The number of guanidine groups is 1. The van der Waals surface area contributed by atoms with E-state index in [0.717, 1.165) is 50.7 Å². The minimum absolute atomic E-state index is 0.0391. The number of hydrogen-bond acceptors (Lipinski definition) is 4. The molecule has 1 saturated heterocycles. The minimum Gasteiger partial charge on any atom is -0.370 e. The van der Waals surface area contributed by atoms with Gasteiger partial charge in [0.15, 0.2) is 5.96 Å². The molecule has 1 atom stereocenters. The molecule has 0 radical (unpaired) electrons. The second kappa shape index (κ2) is 8.66. The van der Waals surface area contributed by atoms with Crippen LogP contribution in [-0.2, 0) is 18.3 Å². The summed E-state index contributed by atoms with van der Waals surface area (Å²) in [5.41, 5.74) is 1.11. The summed E-state index contributed by atoms with van der Waals surface area (Å²) in [4.78, 5) is 11.1. The molecule has 1 aliphatic rings. The van der Waals surface area contributed by atoms with Gasteiger partial charge < -0.3 is 19.5 Å². The zero-order valence-electron chi connectivity index (χ0n) is 15.0. The van der Waals surface area contributed by atoms with Gasteiger partial charge in [0.25, 0.3) is 0 Å². The van der Waals surface area contributed by atoms with Gasteiger partial charge in [-0.3, -0.25) is 9.67 Å². The number of nitrogens with zero attached hydrogens (tertiary/aromatic N) is 6. The monoisotopic (exact) mass is 345 g/mol. The Morgan fingerprint density at radius 3 is 3.12 bits per heavy atom. The second-order valence-electron chi connectivity index (χ2n) is 6.14. The van der Waals surface area contributed by atoms with Crippen LogP contribution in [-0.4, -0.2) is 63.0 Å². The molecule has 0 saturated carbocycles. The summed E-state index contributed by atoms with van der Waals surface area (Å²) in [7, 11) is 1.93. The molecule has 0 amide bonds. The zero-order valence-corrected chi connectivity index (χ0v) is 15.0. The molecule has 0 bridgehead atoms. The lowest BCUT2D eigenvalue weighted by atomic mass is 10.1. The van der Waals surface area contributed by atoms with Gasteiger partial charge >= 0.3 is 0 Å². The van der Waals surface area contributed by atoms with E-state index in [-0.39, 0.29) is 6.10 Å². The molecule has 1 fully saturated rings. The van der Waals surface area contributed by atoms with E-state index < -0.39 is 0 Å². The summed E-state index contributed by atoms with van der Waals surface area (Å²) in [6.07, 6.45) is 10.6. The Labute approximate surface area is 148 Å². The molecule has 3 heterocycles. The van der Waals surface area contributed by atoms with Crippen LogP contribution in [0.3, 0.4) is 0 Å². The van der Waals surface area contributed by atoms with E-state index in [1.807, 2.05) is 36.6 Å². The first kappa shape index (κ1) is 17.5. The highest BCUT2D eigenvalue weighted by Gasteiger charge is 2.25. The molecule has 8 heteroatoms. The van der Waals surface area contributed by atoms with Crippen LogP contribution < -0.4 is 5.32 Å². The lowest BCUT2D eigenvalue weighted by Crippen LogP contribution is -2.48. The summed E-state index contributed by atoms with van der Waals surface area (Å²) >= 11 is 0. The molecule has 3 rings (SSSR count). The molecule has 2 aromatic heterocycles. The number of aliphatic imine (C=N–C) groups is 1. The quantitative estimate of drug-likeness (QED) is 0.481. The predicted octanol–water partition coefficient (Wildman–Crippen LogP) is 1.05. The molecule has 2 aromatic rings. The lowest BCUT2D eigenvalue weighted by molar-refractivity contribution is -0.00804. The number of morpholine rings is 1. The smallest absolute Gasteiger partial charge is 0.194 e. The highest BCUT2D eigenvalue weighted by molar-refractivity contribution is 5.80. The molecule has 1 aliphatic heterocycles. The first-order chi connectivity index (χ1) is 12.3. The molecule has 0 aliphatic carbocycles. The highest BCUT2D eigenvalue weighted by Crippen LogP contribution is 2.21. The SMILES string of the molecule is CCNC(=NCCCn1ccnc1)N1CCOC(c2cnn(C)c2)C1. The molecule has 136 valence electrons. The number of rotatable bonds is 6. The van der Waals surface area contributed by atoms with E-state index in [0.29, 0.717) is 6.61 Å². The van der Waals surface area contributed by atoms with Crippen molar-refractivity contribution in [2.45, 2.75) is 26.0 Å². The van der Waals surface area contributed by atoms with Crippen LogP contribution in [0, 0.1) is 0 Å². The van der Waals surface area contributed by atoms with Crippen molar-refractivity contribution in [3.05, 3.63) is 36.7 Å². The third-order valence-corrected chi connectivity index (χ3v) is 4.19. The van der Waals surface area contributed by atoms with Gasteiger partial charge in [0, 0.05) is 57.4 Å². The maximum absolute atomic E-state index is 5.92. The minimum atomic E-state index is 0.0391. The second-order valence-corrected chi connectivity index (χ2v) is 6.14. The van der Waals surface area contributed by atoms with Crippen molar-refractivity contribution in [1.29, 1.82) is 0 Å². The summed E-state index contributed by atoms with van der Waals surface area (Å²) < 4.78 is 9.81. The van der Waals surface area contributed by atoms with Crippen LogP contribution in [0.5, 0.6) is 0 Å². The van der Waals surface area contributed by atoms with Crippen LogP contribution in [0.4, 0.5) is 0 Å². The molecule has 8 nitrogen and oxygen atoms in total. The number of nitrogens with one attached hydrogen (secondary N) is 1. The zero-order chi connectivity index (χ0) is 17.5. The van der Waals surface area contributed by atoms with Crippen molar-refractivity contribution < 1.29 is 4.74 Å². The van der Waals surface area contributed by atoms with Crippen LogP contribution in [0.1, 0.15) is 25.0 Å². The molecule has 0 spiro atoms. The van der Waals surface area contributed by atoms with Gasteiger partial charge in [-0.2, -0.15) is 5.10 Å². The standard InChI is InChI=1S/C17H27N7O/c1-3-19-17(20-5-4-7-23-8-6-18-14-23)24-9-10-25-16(13-24)15-11-21-22(2)12-15/h6,8,11-12,14,16H,3-5,7,9-10,13H2,1-2H3,(H,19,20). The Hall–Kier alpha value is -2.35. The maximum atomic E-state index is 5.92. The Balaban J connectivity index is 1.57. The number of ether oxygens (including phenoxy) is 1. The van der Waals surface area contributed by atoms with E-state index in [1.54, 1.807) is 6.20 Å². The van der Waals surface area contributed by atoms with Gasteiger partial charge in [-0.25, -0.2) is 4.98 Å². The Bertz CT molecular complexity index is 664. The van der Waals surface area contributed by atoms with Crippen molar-refractivity contribution in [1.82, 2.24) is 29.5 Å². The number of hydrogen-bond donors (Lipinski definition) is 1. The van der Waals surface area contributed by atoms with Gasteiger partial charge in [0.2, 0.25) is 0 Å². The summed E-state index contributed by atoms with van der Waals surface area (Å²) in [5, 5.41) is 7.65.